The number of aliphatic hydroxyl groups is 1. The van der Waals surface area contributed by atoms with Crippen LogP contribution in [-0.2, 0) is 19.0 Å². The highest BCUT2D eigenvalue weighted by atomic mass is 16.6. The third-order valence-corrected chi connectivity index (χ3v) is 6.42. The molecule has 2 aliphatic heterocycles. The number of hydrogen-bond acceptors (Lipinski definition) is 5. The number of rotatable bonds is 14. The molecule has 2 heterocycles. The lowest BCUT2D eigenvalue weighted by Gasteiger charge is -2.26. The van der Waals surface area contributed by atoms with Gasteiger partial charge in [-0.05, 0) is 38.5 Å². The van der Waals surface area contributed by atoms with Crippen LogP contribution in [0.4, 0.5) is 0 Å². The van der Waals surface area contributed by atoms with E-state index in [1.54, 1.807) is 0 Å². The van der Waals surface area contributed by atoms with Crippen molar-refractivity contribution >= 4 is 5.97 Å². The van der Waals surface area contributed by atoms with E-state index in [0.29, 0.717) is 6.42 Å². The normalized spacial score (nSPS) is 28.2. The van der Waals surface area contributed by atoms with Crippen molar-refractivity contribution in [3.8, 4) is 12.3 Å². The van der Waals surface area contributed by atoms with Gasteiger partial charge in [0.25, 0.3) is 0 Å². The smallest absolute Gasteiger partial charge is 0.302 e. The molecule has 0 saturated carbocycles. The molecule has 0 spiro atoms. The summed E-state index contributed by atoms with van der Waals surface area (Å²) < 4.78 is 18.0. The fourth-order valence-electron chi connectivity index (χ4n) is 4.75. The topological polar surface area (TPSA) is 65.0 Å². The minimum Gasteiger partial charge on any atom is -0.460 e. The van der Waals surface area contributed by atoms with Crippen molar-refractivity contribution in [3.05, 3.63) is 0 Å². The molecular weight excluding hydrogens is 380 g/mol. The van der Waals surface area contributed by atoms with Gasteiger partial charge in [-0.2, -0.15) is 0 Å². The molecule has 0 radical (unpaired) electrons. The Morgan fingerprint density at radius 1 is 1.00 bits per heavy atom. The van der Waals surface area contributed by atoms with E-state index in [-0.39, 0.29) is 36.5 Å². The van der Waals surface area contributed by atoms with Crippen LogP contribution in [0.1, 0.15) is 104 Å². The van der Waals surface area contributed by atoms with Crippen molar-refractivity contribution < 1.29 is 24.1 Å². The quantitative estimate of drug-likeness (QED) is 0.244. The summed E-state index contributed by atoms with van der Waals surface area (Å²) in [5, 5.41) is 10.1. The van der Waals surface area contributed by atoms with Crippen LogP contribution in [0.3, 0.4) is 0 Å². The first-order chi connectivity index (χ1) is 14.5. The number of ether oxygens (including phenoxy) is 3. The highest BCUT2D eigenvalue weighted by Crippen LogP contribution is 2.35. The molecule has 5 nitrogen and oxygen atoms in total. The molecule has 5 heteroatoms. The molecule has 0 amide bonds. The van der Waals surface area contributed by atoms with E-state index in [9.17, 15) is 9.90 Å². The van der Waals surface area contributed by atoms with Crippen molar-refractivity contribution in [1.82, 2.24) is 0 Å². The first-order valence-electron chi connectivity index (χ1n) is 12.1. The zero-order valence-electron chi connectivity index (χ0n) is 19.0. The molecular formula is C25H42O5. The Bertz CT molecular complexity index is 528. The second-order valence-electron chi connectivity index (χ2n) is 8.97. The average molecular weight is 423 g/mol. The number of unbranched alkanes of at least 4 members (excludes halogenated alkanes) is 7. The van der Waals surface area contributed by atoms with E-state index in [4.69, 9.17) is 20.6 Å². The largest absolute Gasteiger partial charge is 0.460 e. The van der Waals surface area contributed by atoms with E-state index in [1.807, 2.05) is 0 Å². The van der Waals surface area contributed by atoms with Gasteiger partial charge in [-0.25, -0.2) is 0 Å². The number of carbonyl (C=O) groups excluding carboxylic acids is 1. The van der Waals surface area contributed by atoms with Gasteiger partial charge in [0.1, 0.15) is 6.10 Å². The Morgan fingerprint density at radius 3 is 2.17 bits per heavy atom. The molecule has 172 valence electrons. The zero-order chi connectivity index (χ0) is 21.8. The molecule has 2 fully saturated rings. The Kier molecular flexibility index (Phi) is 11.8. The van der Waals surface area contributed by atoms with Crippen LogP contribution in [0.15, 0.2) is 0 Å². The standard InChI is InChI=1S/C25H42O5/c1-4-6-7-8-9-10-11-12-14-22(28-19(3)26)23-17-18-25(30-23)24-16-15-21(29-24)20(27)13-5-2/h2,20-25,27H,4,6-18H2,1,3H3/t20-,21-,22+,23-,24-,25-/m1/s1. The second-order valence-corrected chi connectivity index (χ2v) is 8.97. The Hall–Kier alpha value is -1.09. The molecule has 0 aromatic heterocycles. The summed E-state index contributed by atoms with van der Waals surface area (Å²) in [5.74, 6) is 2.27. The van der Waals surface area contributed by atoms with Crippen molar-refractivity contribution in [2.45, 2.75) is 140 Å². The SMILES string of the molecule is C#CC[C@@H](O)[C@H]1CC[C@H]([C@H]2CC[C@H]([C@H](CCCCCCCCCC)OC(C)=O)O2)O1. The minimum atomic E-state index is -0.604. The maximum Gasteiger partial charge on any atom is 0.302 e. The van der Waals surface area contributed by atoms with Crippen LogP contribution in [-0.4, -0.2) is 47.7 Å². The molecule has 0 aromatic rings. The summed E-state index contributed by atoms with van der Waals surface area (Å²) in [4.78, 5) is 11.6. The lowest BCUT2D eigenvalue weighted by Crippen LogP contribution is -2.34. The van der Waals surface area contributed by atoms with Crippen LogP contribution in [0, 0.1) is 12.3 Å². The van der Waals surface area contributed by atoms with Crippen LogP contribution >= 0.6 is 0 Å². The third kappa shape index (κ3) is 8.57. The van der Waals surface area contributed by atoms with E-state index < -0.39 is 6.10 Å². The van der Waals surface area contributed by atoms with E-state index in [1.165, 1.54) is 51.9 Å². The number of hydrogen-bond donors (Lipinski definition) is 1. The molecule has 30 heavy (non-hydrogen) atoms. The first-order valence-corrected chi connectivity index (χ1v) is 12.1. The van der Waals surface area contributed by atoms with Gasteiger partial charge in [0.2, 0.25) is 0 Å². The summed E-state index contributed by atoms with van der Waals surface area (Å²) in [6.07, 6.45) is 19.0. The van der Waals surface area contributed by atoms with Gasteiger partial charge in [0.15, 0.2) is 0 Å². The van der Waals surface area contributed by atoms with Crippen LogP contribution in [0.25, 0.3) is 0 Å². The van der Waals surface area contributed by atoms with Crippen LogP contribution in [0.5, 0.6) is 0 Å². The Morgan fingerprint density at radius 2 is 1.57 bits per heavy atom. The molecule has 0 aromatic carbocycles. The molecule has 0 bridgehead atoms. The van der Waals surface area contributed by atoms with Gasteiger partial charge in [-0.15, -0.1) is 12.3 Å². The number of carbonyl (C=O) groups is 1. The van der Waals surface area contributed by atoms with Crippen LogP contribution in [0.2, 0.25) is 0 Å². The summed E-state index contributed by atoms with van der Waals surface area (Å²) in [7, 11) is 0. The van der Waals surface area contributed by atoms with Crippen LogP contribution < -0.4 is 0 Å². The van der Waals surface area contributed by atoms with E-state index >= 15 is 0 Å². The van der Waals surface area contributed by atoms with Crippen molar-refractivity contribution in [2.75, 3.05) is 0 Å². The average Bonchev–Trinajstić information content (AvgIpc) is 3.38. The first kappa shape index (κ1) is 25.2. The highest BCUT2D eigenvalue weighted by Gasteiger charge is 2.41. The molecule has 6 atom stereocenters. The summed E-state index contributed by atoms with van der Waals surface area (Å²) in [6, 6.07) is 0. The molecule has 0 aliphatic carbocycles. The predicted octanol–water partition coefficient (Wildman–Crippen LogP) is 4.93. The fraction of sp³-hybridized carbons (Fsp3) is 0.880. The van der Waals surface area contributed by atoms with Gasteiger partial charge >= 0.3 is 5.97 Å². The molecule has 1 N–H and O–H groups in total. The maximum absolute atomic E-state index is 11.6. The third-order valence-electron chi connectivity index (χ3n) is 6.42. The van der Waals surface area contributed by atoms with Crippen molar-refractivity contribution in [1.29, 1.82) is 0 Å². The highest BCUT2D eigenvalue weighted by molar-refractivity contribution is 5.66. The molecule has 0 unspecified atom stereocenters. The van der Waals surface area contributed by atoms with Gasteiger partial charge < -0.3 is 19.3 Å². The molecule has 2 saturated heterocycles. The fourth-order valence-corrected chi connectivity index (χ4v) is 4.75. The van der Waals surface area contributed by atoms with E-state index in [0.717, 1.165) is 38.5 Å². The molecule has 2 rings (SSSR count). The lowest BCUT2D eigenvalue weighted by molar-refractivity contribution is -0.158. The van der Waals surface area contributed by atoms with Gasteiger partial charge in [-0.3, -0.25) is 4.79 Å². The summed E-state index contributed by atoms with van der Waals surface area (Å²) in [6.45, 7) is 3.72. The number of esters is 1. The monoisotopic (exact) mass is 422 g/mol. The van der Waals surface area contributed by atoms with Crippen molar-refractivity contribution in [3.63, 3.8) is 0 Å². The number of terminal acetylenes is 1. The lowest BCUT2D eigenvalue weighted by atomic mass is 10.0. The summed E-state index contributed by atoms with van der Waals surface area (Å²) in [5.41, 5.74) is 0. The Balaban J connectivity index is 1.72. The number of aliphatic hydroxyl groups excluding tert-OH is 1. The Labute approximate surface area is 183 Å². The predicted molar refractivity (Wildman–Crippen MR) is 118 cm³/mol. The van der Waals surface area contributed by atoms with Crippen molar-refractivity contribution in [2.24, 2.45) is 0 Å². The van der Waals surface area contributed by atoms with Gasteiger partial charge in [-0.1, -0.05) is 51.9 Å². The molecule has 2 aliphatic rings. The van der Waals surface area contributed by atoms with E-state index in [2.05, 4.69) is 12.8 Å². The van der Waals surface area contributed by atoms with Gasteiger partial charge in [0, 0.05) is 13.3 Å². The zero-order valence-corrected chi connectivity index (χ0v) is 19.0. The second kappa shape index (κ2) is 14.1. The minimum absolute atomic E-state index is 0.00600. The maximum atomic E-state index is 11.6. The van der Waals surface area contributed by atoms with Gasteiger partial charge in [0.05, 0.1) is 30.5 Å². The summed E-state index contributed by atoms with van der Waals surface area (Å²) >= 11 is 0.